The topological polar surface area (TPSA) is 75.7 Å². The van der Waals surface area contributed by atoms with Gasteiger partial charge >= 0.3 is 0 Å². The van der Waals surface area contributed by atoms with E-state index in [1.807, 2.05) is 24.3 Å². The average Bonchev–Trinajstić information content (AvgIpc) is 2.58. The first-order valence-corrected chi connectivity index (χ1v) is 9.11. The van der Waals surface area contributed by atoms with E-state index < -0.39 is 10.0 Å². The number of anilines is 1. The Morgan fingerprint density at radius 3 is 2.42 bits per heavy atom. The van der Waals surface area contributed by atoms with Crippen LogP contribution in [0.1, 0.15) is 15.9 Å². The summed E-state index contributed by atoms with van der Waals surface area (Å²) in [5.74, 6) is 0.483. The first kappa shape index (κ1) is 17.8. The molecule has 0 aromatic heterocycles. The molecule has 24 heavy (non-hydrogen) atoms. The fourth-order valence-electron chi connectivity index (χ4n) is 2.06. The predicted octanol–water partition coefficient (Wildman–Crippen LogP) is 2.02. The number of benzene rings is 2. The lowest BCUT2D eigenvalue weighted by Crippen LogP contribution is -2.26. The Balaban J connectivity index is 2.07. The fourth-order valence-corrected chi connectivity index (χ4v) is 2.56. The Bertz CT molecular complexity index is 817. The number of sulfonamides is 1. The SMILES string of the molecule is COc1ccc(CNC(=O)c2cccc(N(C)S(C)(=O)=O)c2)cc1. The van der Waals surface area contributed by atoms with Crippen molar-refractivity contribution in [3.63, 3.8) is 0 Å². The van der Waals surface area contributed by atoms with Gasteiger partial charge in [-0.25, -0.2) is 8.42 Å². The molecule has 0 bridgehead atoms. The van der Waals surface area contributed by atoms with Crippen molar-refractivity contribution >= 4 is 21.6 Å². The van der Waals surface area contributed by atoms with Gasteiger partial charge in [0.25, 0.3) is 5.91 Å². The molecule has 128 valence electrons. The molecule has 0 fully saturated rings. The maximum atomic E-state index is 12.3. The van der Waals surface area contributed by atoms with Crippen LogP contribution in [0.5, 0.6) is 5.75 Å². The summed E-state index contributed by atoms with van der Waals surface area (Å²) in [5, 5.41) is 2.81. The van der Waals surface area contributed by atoms with Gasteiger partial charge in [0.2, 0.25) is 10.0 Å². The molecule has 0 unspecified atom stereocenters. The van der Waals surface area contributed by atoms with Crippen LogP contribution in [0.4, 0.5) is 5.69 Å². The molecule has 2 rings (SSSR count). The molecule has 1 N–H and O–H groups in total. The zero-order valence-electron chi connectivity index (χ0n) is 13.8. The van der Waals surface area contributed by atoms with Gasteiger partial charge in [0.05, 0.1) is 19.1 Å². The molecule has 0 atom stereocenters. The van der Waals surface area contributed by atoms with Crippen LogP contribution in [0, 0.1) is 0 Å². The van der Waals surface area contributed by atoms with Crippen molar-refractivity contribution in [2.75, 3.05) is 24.7 Å². The van der Waals surface area contributed by atoms with E-state index in [0.717, 1.165) is 21.9 Å². The van der Waals surface area contributed by atoms with Gasteiger partial charge in [-0.05, 0) is 35.9 Å². The average molecular weight is 348 g/mol. The van der Waals surface area contributed by atoms with Crippen molar-refractivity contribution < 1.29 is 17.9 Å². The predicted molar refractivity (Wildman–Crippen MR) is 93.9 cm³/mol. The van der Waals surface area contributed by atoms with Gasteiger partial charge in [-0.2, -0.15) is 0 Å². The number of hydrogen-bond donors (Lipinski definition) is 1. The number of methoxy groups -OCH3 is 1. The smallest absolute Gasteiger partial charge is 0.251 e. The Morgan fingerprint density at radius 2 is 1.83 bits per heavy atom. The highest BCUT2D eigenvalue weighted by Gasteiger charge is 2.14. The van der Waals surface area contributed by atoms with Crippen molar-refractivity contribution in [2.45, 2.75) is 6.54 Å². The first-order valence-electron chi connectivity index (χ1n) is 7.26. The van der Waals surface area contributed by atoms with Gasteiger partial charge in [-0.3, -0.25) is 9.10 Å². The molecule has 0 radical (unpaired) electrons. The van der Waals surface area contributed by atoms with E-state index in [2.05, 4.69) is 5.32 Å². The summed E-state index contributed by atoms with van der Waals surface area (Å²) < 4.78 is 29.4. The highest BCUT2D eigenvalue weighted by Crippen LogP contribution is 2.17. The number of nitrogens with one attached hydrogen (secondary N) is 1. The summed E-state index contributed by atoms with van der Waals surface area (Å²) in [7, 11) is -0.328. The Labute approximate surface area is 142 Å². The standard InChI is InChI=1S/C17H20N2O4S/c1-19(24(3,21)22)15-6-4-5-14(11-15)17(20)18-12-13-7-9-16(23-2)10-8-13/h4-11H,12H2,1-3H3,(H,18,20). The molecule has 1 amide bonds. The molecular weight excluding hydrogens is 328 g/mol. The lowest BCUT2D eigenvalue weighted by molar-refractivity contribution is 0.0951. The molecular formula is C17H20N2O4S. The zero-order chi connectivity index (χ0) is 17.7. The second-order valence-electron chi connectivity index (χ2n) is 5.31. The normalized spacial score (nSPS) is 11.0. The molecule has 7 heteroatoms. The number of carbonyl (C=O) groups is 1. The minimum Gasteiger partial charge on any atom is -0.497 e. The Hall–Kier alpha value is -2.54. The van der Waals surface area contributed by atoms with Crippen molar-refractivity contribution in [2.24, 2.45) is 0 Å². The van der Waals surface area contributed by atoms with Crippen molar-refractivity contribution in [3.05, 3.63) is 59.7 Å². The third-order valence-corrected chi connectivity index (χ3v) is 4.79. The van der Waals surface area contributed by atoms with Crippen LogP contribution in [0.3, 0.4) is 0 Å². The third-order valence-electron chi connectivity index (χ3n) is 3.58. The maximum absolute atomic E-state index is 12.3. The Kier molecular flexibility index (Phi) is 5.46. The van der Waals surface area contributed by atoms with E-state index in [-0.39, 0.29) is 5.91 Å². The number of amides is 1. The monoisotopic (exact) mass is 348 g/mol. The van der Waals surface area contributed by atoms with Gasteiger partial charge < -0.3 is 10.1 Å². The molecule has 0 saturated carbocycles. The van der Waals surface area contributed by atoms with Crippen LogP contribution in [0.15, 0.2) is 48.5 Å². The van der Waals surface area contributed by atoms with Crippen molar-refractivity contribution in [3.8, 4) is 5.75 Å². The fraction of sp³-hybridized carbons (Fsp3) is 0.235. The molecule has 0 heterocycles. The van der Waals surface area contributed by atoms with Crippen LogP contribution in [-0.2, 0) is 16.6 Å². The van der Waals surface area contributed by atoms with E-state index in [4.69, 9.17) is 4.74 Å². The number of carbonyl (C=O) groups excluding carboxylic acids is 1. The minimum absolute atomic E-state index is 0.269. The van der Waals surface area contributed by atoms with Crippen LogP contribution in [0.2, 0.25) is 0 Å². The van der Waals surface area contributed by atoms with Crippen LogP contribution in [0.25, 0.3) is 0 Å². The molecule has 6 nitrogen and oxygen atoms in total. The highest BCUT2D eigenvalue weighted by molar-refractivity contribution is 7.92. The lowest BCUT2D eigenvalue weighted by atomic mass is 10.1. The molecule has 0 spiro atoms. The third kappa shape index (κ3) is 4.48. The maximum Gasteiger partial charge on any atom is 0.251 e. The Morgan fingerprint density at radius 1 is 1.17 bits per heavy atom. The van der Waals surface area contributed by atoms with Crippen molar-refractivity contribution in [1.82, 2.24) is 5.32 Å². The van der Waals surface area contributed by atoms with Crippen LogP contribution >= 0.6 is 0 Å². The second-order valence-corrected chi connectivity index (χ2v) is 7.33. The molecule has 0 aliphatic carbocycles. The first-order chi connectivity index (χ1) is 11.3. The summed E-state index contributed by atoms with van der Waals surface area (Å²) in [6.45, 7) is 0.370. The molecule has 2 aromatic carbocycles. The number of nitrogens with zero attached hydrogens (tertiary/aromatic N) is 1. The molecule has 0 aliphatic rings. The largest absolute Gasteiger partial charge is 0.497 e. The van der Waals surface area contributed by atoms with Gasteiger partial charge in [0, 0.05) is 19.2 Å². The van der Waals surface area contributed by atoms with Gasteiger partial charge in [0.1, 0.15) is 5.75 Å². The highest BCUT2D eigenvalue weighted by atomic mass is 32.2. The second kappa shape index (κ2) is 7.35. The van der Waals surface area contributed by atoms with E-state index in [9.17, 15) is 13.2 Å². The zero-order valence-corrected chi connectivity index (χ0v) is 14.6. The summed E-state index contributed by atoms with van der Waals surface area (Å²) in [5.41, 5.74) is 1.78. The molecule has 2 aromatic rings. The van der Waals surface area contributed by atoms with E-state index in [1.165, 1.54) is 7.05 Å². The van der Waals surface area contributed by atoms with Gasteiger partial charge in [-0.15, -0.1) is 0 Å². The van der Waals surface area contributed by atoms with E-state index >= 15 is 0 Å². The molecule has 0 saturated heterocycles. The van der Waals surface area contributed by atoms with E-state index in [1.54, 1.807) is 31.4 Å². The molecule has 0 aliphatic heterocycles. The number of rotatable bonds is 6. The quantitative estimate of drug-likeness (QED) is 0.867. The summed E-state index contributed by atoms with van der Waals surface area (Å²) in [6, 6.07) is 13.9. The summed E-state index contributed by atoms with van der Waals surface area (Å²) in [6.07, 6.45) is 1.11. The van der Waals surface area contributed by atoms with Crippen LogP contribution in [-0.4, -0.2) is 34.7 Å². The summed E-state index contributed by atoms with van der Waals surface area (Å²) in [4.78, 5) is 12.3. The van der Waals surface area contributed by atoms with E-state index in [0.29, 0.717) is 17.8 Å². The van der Waals surface area contributed by atoms with Gasteiger partial charge in [-0.1, -0.05) is 18.2 Å². The van der Waals surface area contributed by atoms with Crippen molar-refractivity contribution in [1.29, 1.82) is 0 Å². The van der Waals surface area contributed by atoms with Crippen LogP contribution < -0.4 is 14.4 Å². The number of hydrogen-bond acceptors (Lipinski definition) is 4. The minimum atomic E-state index is -3.37. The van der Waals surface area contributed by atoms with Gasteiger partial charge in [0.15, 0.2) is 0 Å². The number of ether oxygens (including phenoxy) is 1. The summed E-state index contributed by atoms with van der Waals surface area (Å²) >= 11 is 0. The lowest BCUT2D eigenvalue weighted by Gasteiger charge is -2.17.